The van der Waals surface area contributed by atoms with Crippen molar-refractivity contribution in [3.8, 4) is 0 Å². The van der Waals surface area contributed by atoms with E-state index in [4.69, 9.17) is 5.11 Å². The van der Waals surface area contributed by atoms with Gasteiger partial charge in [0.15, 0.2) is 0 Å². The molecule has 0 radical (unpaired) electrons. The minimum absolute atomic E-state index is 0.125. The van der Waals surface area contributed by atoms with E-state index in [0.29, 0.717) is 0 Å². The summed E-state index contributed by atoms with van der Waals surface area (Å²) in [6.45, 7) is -0.125. The lowest BCUT2D eigenvalue weighted by atomic mass is 9.78. The molecule has 78 valence electrons. The lowest BCUT2D eigenvalue weighted by molar-refractivity contribution is 0.109. The second kappa shape index (κ2) is 3.53. The van der Waals surface area contributed by atoms with E-state index in [1.165, 1.54) is 14.1 Å². The van der Waals surface area contributed by atoms with Gasteiger partial charge in [-0.3, -0.25) is 0 Å². The first kappa shape index (κ1) is 10.9. The molecule has 1 fully saturated rings. The zero-order chi connectivity index (χ0) is 10.1. The first-order valence-electron chi connectivity index (χ1n) is 4.24. The van der Waals surface area contributed by atoms with Gasteiger partial charge in [-0.2, -0.15) is 17.4 Å². The molecule has 0 spiro atoms. The van der Waals surface area contributed by atoms with Crippen LogP contribution in [0.3, 0.4) is 0 Å². The fraction of sp³-hybridized carbons (Fsp3) is 1.00. The molecule has 0 atom stereocenters. The van der Waals surface area contributed by atoms with Crippen LogP contribution in [0.25, 0.3) is 0 Å². The van der Waals surface area contributed by atoms with Gasteiger partial charge in [0, 0.05) is 14.1 Å². The van der Waals surface area contributed by atoms with Crippen LogP contribution in [0.4, 0.5) is 0 Å². The van der Waals surface area contributed by atoms with Crippen molar-refractivity contribution in [2.75, 3.05) is 20.7 Å². The predicted molar refractivity (Wildman–Crippen MR) is 49.4 cm³/mol. The Labute approximate surface area is 78.9 Å². The molecule has 2 N–H and O–H groups in total. The topological polar surface area (TPSA) is 69.6 Å². The van der Waals surface area contributed by atoms with Gasteiger partial charge in [-0.1, -0.05) is 0 Å². The summed E-state index contributed by atoms with van der Waals surface area (Å²) in [7, 11) is -0.477. The molecule has 5 nitrogen and oxygen atoms in total. The van der Waals surface area contributed by atoms with Crippen LogP contribution in [0, 0.1) is 0 Å². The fourth-order valence-electron chi connectivity index (χ4n) is 1.26. The van der Waals surface area contributed by atoms with Gasteiger partial charge in [0.2, 0.25) is 0 Å². The van der Waals surface area contributed by atoms with E-state index in [9.17, 15) is 8.42 Å². The lowest BCUT2D eigenvalue weighted by Gasteiger charge is -2.40. The Hall–Kier alpha value is -0.170. The number of hydrogen-bond donors (Lipinski definition) is 2. The molecule has 1 rings (SSSR count). The van der Waals surface area contributed by atoms with Gasteiger partial charge in [0.25, 0.3) is 10.2 Å². The summed E-state index contributed by atoms with van der Waals surface area (Å²) in [4.78, 5) is 0. The summed E-state index contributed by atoms with van der Waals surface area (Å²) in [5.41, 5.74) is -0.594. The molecular weight excluding hydrogens is 192 g/mol. The fourth-order valence-corrected chi connectivity index (χ4v) is 2.26. The van der Waals surface area contributed by atoms with Crippen LogP contribution >= 0.6 is 0 Å². The van der Waals surface area contributed by atoms with Gasteiger partial charge in [0.1, 0.15) is 0 Å². The molecule has 13 heavy (non-hydrogen) atoms. The van der Waals surface area contributed by atoms with Crippen molar-refractivity contribution >= 4 is 10.2 Å². The number of aliphatic hydroxyl groups is 1. The van der Waals surface area contributed by atoms with Crippen molar-refractivity contribution in [1.29, 1.82) is 0 Å². The number of rotatable bonds is 4. The molecule has 0 unspecified atom stereocenters. The third kappa shape index (κ3) is 2.19. The predicted octanol–water partition coefficient (Wildman–Crippen LogP) is -0.703. The highest BCUT2D eigenvalue weighted by Crippen LogP contribution is 2.31. The number of nitrogens with one attached hydrogen (secondary N) is 1. The van der Waals surface area contributed by atoms with Crippen LogP contribution in [0.1, 0.15) is 19.3 Å². The normalized spacial score (nSPS) is 21.5. The van der Waals surface area contributed by atoms with Gasteiger partial charge in [-0.25, -0.2) is 0 Å². The molecule has 6 heteroatoms. The summed E-state index contributed by atoms with van der Waals surface area (Å²) >= 11 is 0. The Morgan fingerprint density at radius 2 is 2.00 bits per heavy atom. The largest absolute Gasteiger partial charge is 0.394 e. The molecule has 0 aromatic heterocycles. The maximum Gasteiger partial charge on any atom is 0.279 e. The summed E-state index contributed by atoms with van der Waals surface area (Å²) < 4.78 is 26.4. The van der Waals surface area contributed by atoms with Crippen molar-refractivity contribution < 1.29 is 13.5 Å². The molecule has 0 heterocycles. The molecule has 0 aromatic rings. The van der Waals surface area contributed by atoms with Crippen LogP contribution in [0.15, 0.2) is 0 Å². The molecule has 0 aromatic carbocycles. The molecular formula is C7H16N2O3S. The zero-order valence-electron chi connectivity index (χ0n) is 7.95. The second-order valence-electron chi connectivity index (χ2n) is 3.68. The number of aliphatic hydroxyl groups excluding tert-OH is 1. The van der Waals surface area contributed by atoms with Crippen molar-refractivity contribution in [2.45, 2.75) is 24.8 Å². The smallest absolute Gasteiger partial charge is 0.279 e. The quantitative estimate of drug-likeness (QED) is 0.641. The van der Waals surface area contributed by atoms with Gasteiger partial charge in [0.05, 0.1) is 12.1 Å². The summed E-state index contributed by atoms with van der Waals surface area (Å²) in [5.74, 6) is 0. The van der Waals surface area contributed by atoms with Crippen LogP contribution in [0.2, 0.25) is 0 Å². The van der Waals surface area contributed by atoms with E-state index in [1.54, 1.807) is 0 Å². The van der Waals surface area contributed by atoms with E-state index in [0.717, 1.165) is 23.6 Å². The maximum absolute atomic E-state index is 11.4. The van der Waals surface area contributed by atoms with E-state index in [1.807, 2.05) is 0 Å². The highest BCUT2D eigenvalue weighted by atomic mass is 32.2. The average Bonchev–Trinajstić information content (AvgIpc) is 1.96. The second-order valence-corrected chi connectivity index (χ2v) is 5.57. The molecule has 0 bridgehead atoms. The van der Waals surface area contributed by atoms with E-state index in [-0.39, 0.29) is 6.61 Å². The summed E-state index contributed by atoms with van der Waals surface area (Å²) in [5, 5.41) is 9.04. The molecule has 0 amide bonds. The van der Waals surface area contributed by atoms with Crippen molar-refractivity contribution in [3.05, 3.63) is 0 Å². The summed E-state index contributed by atoms with van der Waals surface area (Å²) in [6, 6.07) is 0. The number of hydrogen-bond acceptors (Lipinski definition) is 3. The highest BCUT2D eigenvalue weighted by molar-refractivity contribution is 7.87. The zero-order valence-corrected chi connectivity index (χ0v) is 8.76. The lowest BCUT2D eigenvalue weighted by Crippen LogP contribution is -2.58. The van der Waals surface area contributed by atoms with E-state index < -0.39 is 15.7 Å². The van der Waals surface area contributed by atoms with Crippen LogP contribution in [0.5, 0.6) is 0 Å². The van der Waals surface area contributed by atoms with Crippen molar-refractivity contribution in [2.24, 2.45) is 0 Å². The first-order chi connectivity index (χ1) is 5.92. The monoisotopic (exact) mass is 208 g/mol. The average molecular weight is 208 g/mol. The minimum atomic E-state index is -3.41. The molecule has 0 aliphatic heterocycles. The maximum atomic E-state index is 11.4. The van der Waals surface area contributed by atoms with Crippen LogP contribution < -0.4 is 4.72 Å². The molecule has 0 saturated heterocycles. The Morgan fingerprint density at radius 3 is 2.23 bits per heavy atom. The Balaban J connectivity index is 2.67. The van der Waals surface area contributed by atoms with Crippen LogP contribution in [-0.4, -0.2) is 44.1 Å². The standard InChI is InChI=1S/C7H16N2O3S/c1-9(2)13(11,12)8-7(6-10)4-3-5-7/h8,10H,3-6H2,1-2H3. The van der Waals surface area contributed by atoms with Crippen molar-refractivity contribution in [1.82, 2.24) is 9.03 Å². The van der Waals surface area contributed by atoms with Gasteiger partial charge >= 0.3 is 0 Å². The number of nitrogens with zero attached hydrogens (tertiary/aromatic N) is 1. The first-order valence-corrected chi connectivity index (χ1v) is 5.68. The molecule has 1 aliphatic rings. The van der Waals surface area contributed by atoms with Gasteiger partial charge in [-0.05, 0) is 19.3 Å². The Morgan fingerprint density at radius 1 is 1.46 bits per heavy atom. The van der Waals surface area contributed by atoms with Gasteiger partial charge < -0.3 is 5.11 Å². The van der Waals surface area contributed by atoms with Crippen LogP contribution in [-0.2, 0) is 10.2 Å². The third-order valence-corrected chi connectivity index (χ3v) is 4.09. The summed E-state index contributed by atoms with van der Waals surface area (Å²) in [6.07, 6.45) is 2.41. The van der Waals surface area contributed by atoms with E-state index >= 15 is 0 Å². The molecule has 1 saturated carbocycles. The Kier molecular flexibility index (Phi) is 2.96. The highest BCUT2D eigenvalue weighted by Gasteiger charge is 2.40. The SMILES string of the molecule is CN(C)S(=O)(=O)NC1(CO)CCC1. The third-order valence-electron chi connectivity index (χ3n) is 2.44. The Bertz CT molecular complexity index is 264. The minimum Gasteiger partial charge on any atom is -0.394 e. The van der Waals surface area contributed by atoms with E-state index in [2.05, 4.69) is 4.72 Å². The molecule has 1 aliphatic carbocycles. The van der Waals surface area contributed by atoms with Crippen molar-refractivity contribution in [3.63, 3.8) is 0 Å². The van der Waals surface area contributed by atoms with Gasteiger partial charge in [-0.15, -0.1) is 0 Å².